The van der Waals surface area contributed by atoms with E-state index in [9.17, 15) is 0 Å². The van der Waals surface area contributed by atoms with Crippen LogP contribution in [-0.2, 0) is 0 Å². The van der Waals surface area contributed by atoms with Crippen molar-refractivity contribution in [2.24, 2.45) is 0 Å². The molecule has 0 unspecified atom stereocenters. The Morgan fingerprint density at radius 1 is 0.739 bits per heavy atom. The van der Waals surface area contributed by atoms with Gasteiger partial charge in [0.1, 0.15) is 11.6 Å². The van der Waals surface area contributed by atoms with Crippen molar-refractivity contribution in [2.45, 2.75) is 0 Å². The summed E-state index contributed by atoms with van der Waals surface area (Å²) < 4.78 is 0. The van der Waals surface area contributed by atoms with Crippen LogP contribution < -0.4 is 9.80 Å². The van der Waals surface area contributed by atoms with Crippen LogP contribution >= 0.6 is 11.6 Å². The average Bonchev–Trinajstić information content (AvgIpc) is 2.62. The second-order valence-corrected chi connectivity index (χ2v) is 5.51. The lowest BCUT2D eigenvalue weighted by molar-refractivity contribution is 1.08. The molecule has 0 atom stereocenters. The zero-order valence-corrected chi connectivity index (χ0v) is 13.8. The number of nitrogens with zero attached hydrogens (tertiary/aromatic N) is 4. The Labute approximate surface area is 141 Å². The Hall–Kier alpha value is -2.59. The van der Waals surface area contributed by atoms with Crippen LogP contribution in [0, 0.1) is 0 Å². The molecule has 5 heteroatoms. The first kappa shape index (κ1) is 15.3. The molecule has 0 fully saturated rings. The van der Waals surface area contributed by atoms with Crippen molar-refractivity contribution in [1.82, 2.24) is 9.97 Å². The van der Waals surface area contributed by atoms with Gasteiger partial charge >= 0.3 is 0 Å². The first-order valence-electron chi connectivity index (χ1n) is 7.26. The normalized spacial score (nSPS) is 10.4. The molecule has 0 saturated heterocycles. The van der Waals surface area contributed by atoms with Gasteiger partial charge in [-0.05, 0) is 36.4 Å². The first-order chi connectivity index (χ1) is 11.2. The van der Waals surface area contributed by atoms with Crippen molar-refractivity contribution < 1.29 is 0 Å². The second-order valence-electron chi connectivity index (χ2n) is 5.10. The summed E-state index contributed by atoms with van der Waals surface area (Å²) in [6, 6.07) is 17.5. The van der Waals surface area contributed by atoms with Crippen LogP contribution in [0.5, 0.6) is 0 Å². The summed E-state index contributed by atoms with van der Waals surface area (Å²) in [7, 11) is 3.93. The van der Waals surface area contributed by atoms with Gasteiger partial charge in [0.15, 0.2) is 0 Å². The summed E-state index contributed by atoms with van der Waals surface area (Å²) in [4.78, 5) is 12.8. The SMILES string of the molecule is CN(c1ccccn1)c1cccc(Cl)c1N(C)c1ccccn1. The van der Waals surface area contributed by atoms with Crippen molar-refractivity contribution >= 4 is 34.6 Å². The molecule has 0 aliphatic carbocycles. The number of halogens is 1. The highest BCUT2D eigenvalue weighted by Crippen LogP contribution is 2.40. The van der Waals surface area contributed by atoms with Gasteiger partial charge < -0.3 is 9.80 Å². The largest absolute Gasteiger partial charge is 0.328 e. The van der Waals surface area contributed by atoms with Gasteiger partial charge in [0.2, 0.25) is 0 Å². The number of para-hydroxylation sites is 1. The molecule has 3 rings (SSSR count). The minimum Gasteiger partial charge on any atom is -0.328 e. The molecule has 2 heterocycles. The Bertz CT molecular complexity index is 778. The fraction of sp³-hybridized carbons (Fsp3) is 0.111. The number of pyridine rings is 2. The molecule has 0 aliphatic heterocycles. The molecule has 0 bridgehead atoms. The summed E-state index contributed by atoms with van der Waals surface area (Å²) in [5.41, 5.74) is 1.85. The van der Waals surface area contributed by atoms with Gasteiger partial charge in [-0.3, -0.25) is 0 Å². The van der Waals surface area contributed by atoms with E-state index in [2.05, 4.69) is 9.97 Å². The predicted octanol–water partition coefficient (Wildman–Crippen LogP) is 4.67. The fourth-order valence-corrected chi connectivity index (χ4v) is 2.75. The number of rotatable bonds is 4. The maximum atomic E-state index is 6.49. The Kier molecular flexibility index (Phi) is 4.44. The third-order valence-electron chi connectivity index (χ3n) is 3.65. The Morgan fingerprint density at radius 3 is 1.91 bits per heavy atom. The lowest BCUT2D eigenvalue weighted by atomic mass is 10.2. The van der Waals surface area contributed by atoms with Gasteiger partial charge in [0.05, 0.1) is 16.4 Å². The van der Waals surface area contributed by atoms with Crippen LogP contribution in [0.2, 0.25) is 5.02 Å². The van der Waals surface area contributed by atoms with Crippen molar-refractivity contribution in [1.29, 1.82) is 0 Å². The summed E-state index contributed by atoms with van der Waals surface area (Å²) in [6.45, 7) is 0. The molecule has 0 aliphatic rings. The number of hydrogen-bond donors (Lipinski definition) is 0. The van der Waals surface area contributed by atoms with Gasteiger partial charge in [0.25, 0.3) is 0 Å². The topological polar surface area (TPSA) is 32.3 Å². The molecule has 1 aromatic carbocycles. The molecule has 3 aromatic rings. The van der Waals surface area contributed by atoms with E-state index < -0.39 is 0 Å². The van der Waals surface area contributed by atoms with Gasteiger partial charge in [-0.25, -0.2) is 9.97 Å². The summed E-state index contributed by atoms with van der Waals surface area (Å²) >= 11 is 6.49. The molecule has 23 heavy (non-hydrogen) atoms. The smallest absolute Gasteiger partial charge is 0.132 e. The van der Waals surface area contributed by atoms with E-state index in [1.54, 1.807) is 12.4 Å². The maximum absolute atomic E-state index is 6.49. The van der Waals surface area contributed by atoms with E-state index in [0.29, 0.717) is 5.02 Å². The predicted molar refractivity (Wildman–Crippen MR) is 96.1 cm³/mol. The minimum atomic E-state index is 0.665. The highest BCUT2D eigenvalue weighted by Gasteiger charge is 2.18. The molecular formula is C18H17ClN4. The van der Waals surface area contributed by atoms with E-state index in [4.69, 9.17) is 11.6 Å². The van der Waals surface area contributed by atoms with E-state index >= 15 is 0 Å². The number of aromatic nitrogens is 2. The highest BCUT2D eigenvalue weighted by molar-refractivity contribution is 6.34. The summed E-state index contributed by atoms with van der Waals surface area (Å²) in [5.74, 6) is 1.68. The van der Waals surface area contributed by atoms with Crippen molar-refractivity contribution in [3.05, 3.63) is 72.0 Å². The molecule has 0 amide bonds. The van der Waals surface area contributed by atoms with E-state index in [0.717, 1.165) is 23.0 Å². The van der Waals surface area contributed by atoms with Gasteiger partial charge in [-0.15, -0.1) is 0 Å². The molecule has 2 aromatic heterocycles. The summed E-state index contributed by atoms with van der Waals surface area (Å²) in [6.07, 6.45) is 3.54. The average molecular weight is 325 g/mol. The summed E-state index contributed by atoms with van der Waals surface area (Å²) in [5, 5.41) is 0.665. The molecule has 0 radical (unpaired) electrons. The molecular weight excluding hydrogens is 308 g/mol. The van der Waals surface area contributed by atoms with E-state index in [1.807, 2.05) is 78.5 Å². The molecule has 0 spiro atoms. The zero-order valence-electron chi connectivity index (χ0n) is 13.0. The highest BCUT2D eigenvalue weighted by atomic mass is 35.5. The Balaban J connectivity index is 2.07. The lowest BCUT2D eigenvalue weighted by Gasteiger charge is -2.27. The third-order valence-corrected chi connectivity index (χ3v) is 3.95. The Morgan fingerprint density at radius 2 is 1.35 bits per heavy atom. The minimum absolute atomic E-state index is 0.665. The van der Waals surface area contributed by atoms with Crippen molar-refractivity contribution in [3.8, 4) is 0 Å². The van der Waals surface area contributed by atoms with Crippen LogP contribution in [0.15, 0.2) is 67.0 Å². The van der Waals surface area contributed by atoms with Crippen LogP contribution in [0.25, 0.3) is 0 Å². The molecule has 4 nitrogen and oxygen atoms in total. The third kappa shape index (κ3) is 3.12. The number of benzene rings is 1. The quantitative estimate of drug-likeness (QED) is 0.698. The van der Waals surface area contributed by atoms with Crippen LogP contribution in [0.3, 0.4) is 0 Å². The van der Waals surface area contributed by atoms with E-state index in [1.165, 1.54) is 0 Å². The van der Waals surface area contributed by atoms with Gasteiger partial charge in [-0.2, -0.15) is 0 Å². The number of hydrogen-bond acceptors (Lipinski definition) is 4. The monoisotopic (exact) mass is 324 g/mol. The van der Waals surface area contributed by atoms with Crippen LogP contribution in [-0.4, -0.2) is 24.1 Å². The van der Waals surface area contributed by atoms with Gasteiger partial charge in [-0.1, -0.05) is 29.8 Å². The molecule has 0 N–H and O–H groups in total. The fourth-order valence-electron chi connectivity index (χ4n) is 2.45. The van der Waals surface area contributed by atoms with Gasteiger partial charge in [0, 0.05) is 26.5 Å². The van der Waals surface area contributed by atoms with Crippen molar-refractivity contribution in [2.75, 3.05) is 23.9 Å². The number of anilines is 4. The first-order valence-corrected chi connectivity index (χ1v) is 7.64. The molecule has 0 saturated carbocycles. The van der Waals surface area contributed by atoms with Crippen LogP contribution in [0.1, 0.15) is 0 Å². The van der Waals surface area contributed by atoms with E-state index in [-0.39, 0.29) is 0 Å². The lowest BCUT2D eigenvalue weighted by Crippen LogP contribution is -2.18. The zero-order chi connectivity index (χ0) is 16.2. The second kappa shape index (κ2) is 6.67. The van der Waals surface area contributed by atoms with Crippen LogP contribution in [0.4, 0.5) is 23.0 Å². The standard InChI is InChI=1S/C18H17ClN4/c1-22(16-10-3-5-12-20-16)15-9-7-8-14(19)18(15)23(2)17-11-4-6-13-21-17/h3-13H,1-2H3. The maximum Gasteiger partial charge on any atom is 0.132 e. The van der Waals surface area contributed by atoms with Crippen molar-refractivity contribution in [3.63, 3.8) is 0 Å². The molecule has 116 valence electrons.